The fourth-order valence-electron chi connectivity index (χ4n) is 2.66. The molecule has 1 saturated carbocycles. The topological polar surface area (TPSA) is 71.2 Å². The highest BCUT2D eigenvalue weighted by atomic mass is 15.3. The molecule has 1 aliphatic carbocycles. The Morgan fingerprint density at radius 2 is 1.55 bits per heavy atom. The Hall–Kier alpha value is -1.59. The van der Waals surface area contributed by atoms with Gasteiger partial charge in [-0.2, -0.15) is 15.0 Å². The van der Waals surface area contributed by atoms with Crippen molar-refractivity contribution < 1.29 is 0 Å². The van der Waals surface area contributed by atoms with Crippen LogP contribution in [-0.2, 0) is 0 Å². The molecule has 20 heavy (non-hydrogen) atoms. The van der Waals surface area contributed by atoms with Gasteiger partial charge in [0.25, 0.3) is 0 Å². The van der Waals surface area contributed by atoms with Crippen LogP contribution in [0.15, 0.2) is 0 Å². The number of hydrogen-bond donors (Lipinski definition) is 1. The Kier molecular flexibility index (Phi) is 4.01. The third-order valence-electron chi connectivity index (χ3n) is 4.20. The minimum absolute atomic E-state index is 0.279. The molecular weight excluding hydrogens is 252 g/mol. The summed E-state index contributed by atoms with van der Waals surface area (Å²) >= 11 is 0. The molecule has 6 nitrogen and oxygen atoms in total. The normalized spacial score (nSPS) is 18.9. The molecule has 0 unspecified atom stereocenters. The molecule has 0 aliphatic heterocycles. The van der Waals surface area contributed by atoms with Crippen molar-refractivity contribution in [2.75, 3.05) is 36.7 Å². The summed E-state index contributed by atoms with van der Waals surface area (Å²) in [7, 11) is 5.86. The quantitative estimate of drug-likeness (QED) is 0.911. The van der Waals surface area contributed by atoms with Crippen LogP contribution in [0.1, 0.15) is 39.5 Å². The van der Waals surface area contributed by atoms with Crippen LogP contribution in [0.3, 0.4) is 0 Å². The number of hydrogen-bond acceptors (Lipinski definition) is 6. The van der Waals surface area contributed by atoms with E-state index in [4.69, 9.17) is 5.73 Å². The third-order valence-corrected chi connectivity index (χ3v) is 4.20. The van der Waals surface area contributed by atoms with Crippen molar-refractivity contribution in [1.82, 2.24) is 15.0 Å². The minimum Gasteiger partial charge on any atom is -0.368 e. The summed E-state index contributed by atoms with van der Waals surface area (Å²) in [6.45, 7) is 4.68. The van der Waals surface area contributed by atoms with Crippen molar-refractivity contribution in [2.45, 2.75) is 45.6 Å². The van der Waals surface area contributed by atoms with Gasteiger partial charge in [0.2, 0.25) is 17.8 Å². The van der Waals surface area contributed by atoms with Crippen LogP contribution in [0.4, 0.5) is 17.8 Å². The molecule has 0 saturated heterocycles. The molecule has 0 radical (unpaired) electrons. The monoisotopic (exact) mass is 278 g/mol. The molecule has 0 spiro atoms. The van der Waals surface area contributed by atoms with Gasteiger partial charge in [-0.15, -0.1) is 0 Å². The highest BCUT2D eigenvalue weighted by molar-refractivity contribution is 5.42. The number of aromatic nitrogens is 3. The first kappa shape index (κ1) is 14.8. The molecule has 1 fully saturated rings. The molecular formula is C14H26N6. The summed E-state index contributed by atoms with van der Waals surface area (Å²) in [5.41, 5.74) is 6.25. The van der Waals surface area contributed by atoms with Crippen LogP contribution in [0.5, 0.6) is 0 Å². The van der Waals surface area contributed by atoms with Crippen LogP contribution < -0.4 is 15.5 Å². The lowest BCUT2D eigenvalue weighted by Crippen LogP contribution is -2.38. The number of anilines is 3. The van der Waals surface area contributed by atoms with Crippen LogP contribution in [0.25, 0.3) is 0 Å². The Labute approximate surface area is 121 Å². The smallest absolute Gasteiger partial charge is 0.231 e. The molecule has 0 aromatic carbocycles. The van der Waals surface area contributed by atoms with Crippen LogP contribution in [-0.4, -0.2) is 42.1 Å². The van der Waals surface area contributed by atoms with E-state index in [-0.39, 0.29) is 5.95 Å². The van der Waals surface area contributed by atoms with Crippen LogP contribution >= 0.6 is 0 Å². The van der Waals surface area contributed by atoms with Crippen molar-refractivity contribution in [1.29, 1.82) is 0 Å². The van der Waals surface area contributed by atoms with Gasteiger partial charge in [0.15, 0.2) is 0 Å². The molecule has 2 rings (SSSR count). The molecule has 1 aromatic heterocycles. The number of nitrogens with zero attached hydrogens (tertiary/aromatic N) is 5. The SMILES string of the molecule is CN(C)c1nc(N)nc(N(C)C2CCC(C)(C)CC2)n1. The molecule has 112 valence electrons. The first-order valence-electron chi connectivity index (χ1n) is 7.20. The molecule has 0 atom stereocenters. The maximum absolute atomic E-state index is 5.79. The minimum atomic E-state index is 0.279. The van der Waals surface area contributed by atoms with E-state index in [0.29, 0.717) is 23.4 Å². The third kappa shape index (κ3) is 3.29. The fourth-order valence-corrected chi connectivity index (χ4v) is 2.66. The summed E-state index contributed by atoms with van der Waals surface area (Å²) in [6.07, 6.45) is 4.82. The molecule has 6 heteroatoms. The largest absolute Gasteiger partial charge is 0.368 e. The maximum atomic E-state index is 5.79. The van der Waals surface area contributed by atoms with E-state index in [1.165, 1.54) is 25.7 Å². The zero-order chi connectivity index (χ0) is 14.9. The molecule has 0 bridgehead atoms. The molecule has 1 aliphatic rings. The van der Waals surface area contributed by atoms with Gasteiger partial charge in [0.05, 0.1) is 0 Å². The number of nitrogen functional groups attached to an aromatic ring is 1. The lowest BCUT2D eigenvalue weighted by molar-refractivity contribution is 0.222. The summed E-state index contributed by atoms with van der Waals surface area (Å²) in [5.74, 6) is 1.56. The van der Waals surface area contributed by atoms with Crippen molar-refractivity contribution in [3.05, 3.63) is 0 Å². The van der Waals surface area contributed by atoms with E-state index in [0.717, 1.165) is 0 Å². The molecule has 1 aromatic rings. The molecule has 1 heterocycles. The van der Waals surface area contributed by atoms with Gasteiger partial charge in [-0.05, 0) is 31.1 Å². The van der Waals surface area contributed by atoms with E-state index in [2.05, 4.69) is 40.7 Å². The van der Waals surface area contributed by atoms with Gasteiger partial charge < -0.3 is 15.5 Å². The highest BCUT2D eigenvalue weighted by Gasteiger charge is 2.30. The lowest BCUT2D eigenvalue weighted by Gasteiger charge is -2.38. The van der Waals surface area contributed by atoms with E-state index >= 15 is 0 Å². The number of rotatable bonds is 3. The zero-order valence-electron chi connectivity index (χ0n) is 13.2. The van der Waals surface area contributed by atoms with Crippen molar-refractivity contribution in [2.24, 2.45) is 5.41 Å². The van der Waals surface area contributed by atoms with E-state index < -0.39 is 0 Å². The summed E-state index contributed by atoms with van der Waals surface area (Å²) in [5, 5.41) is 0. The van der Waals surface area contributed by atoms with Gasteiger partial charge in [-0.1, -0.05) is 13.8 Å². The van der Waals surface area contributed by atoms with Gasteiger partial charge in [0.1, 0.15) is 0 Å². The average Bonchev–Trinajstić information content (AvgIpc) is 2.37. The highest BCUT2D eigenvalue weighted by Crippen LogP contribution is 2.37. The number of nitrogens with two attached hydrogens (primary N) is 1. The van der Waals surface area contributed by atoms with E-state index in [1.807, 2.05) is 19.0 Å². The second-order valence-electron chi connectivity index (χ2n) is 6.69. The standard InChI is InChI=1S/C14H26N6/c1-14(2)8-6-10(7-9-14)20(5)13-17-11(15)16-12(18-13)19(3)4/h10H,6-9H2,1-5H3,(H2,15,16,17,18). The molecule has 2 N–H and O–H groups in total. The maximum Gasteiger partial charge on any atom is 0.231 e. The summed E-state index contributed by atoms with van der Waals surface area (Å²) in [4.78, 5) is 16.9. The zero-order valence-corrected chi connectivity index (χ0v) is 13.2. The van der Waals surface area contributed by atoms with Crippen LogP contribution in [0, 0.1) is 5.41 Å². The van der Waals surface area contributed by atoms with E-state index in [9.17, 15) is 0 Å². The van der Waals surface area contributed by atoms with Crippen molar-refractivity contribution in [3.63, 3.8) is 0 Å². The Morgan fingerprint density at radius 3 is 2.10 bits per heavy atom. The average molecular weight is 278 g/mol. The predicted molar refractivity (Wildman–Crippen MR) is 83.0 cm³/mol. The second kappa shape index (κ2) is 5.42. The Balaban J connectivity index is 2.15. The first-order chi connectivity index (χ1) is 9.28. The van der Waals surface area contributed by atoms with Crippen molar-refractivity contribution in [3.8, 4) is 0 Å². The van der Waals surface area contributed by atoms with Gasteiger partial charge >= 0.3 is 0 Å². The lowest BCUT2D eigenvalue weighted by atomic mass is 9.75. The van der Waals surface area contributed by atoms with Gasteiger partial charge in [0, 0.05) is 27.2 Å². The predicted octanol–water partition coefficient (Wildman–Crippen LogP) is 1.92. The van der Waals surface area contributed by atoms with Gasteiger partial charge in [-0.3, -0.25) is 0 Å². The second-order valence-corrected chi connectivity index (χ2v) is 6.69. The van der Waals surface area contributed by atoms with Crippen molar-refractivity contribution >= 4 is 17.8 Å². The first-order valence-corrected chi connectivity index (χ1v) is 7.20. The summed E-state index contributed by atoms with van der Waals surface area (Å²) < 4.78 is 0. The molecule has 0 amide bonds. The Morgan fingerprint density at radius 1 is 1.00 bits per heavy atom. The van der Waals surface area contributed by atoms with Crippen LogP contribution in [0.2, 0.25) is 0 Å². The fraction of sp³-hybridized carbons (Fsp3) is 0.786. The summed E-state index contributed by atoms with van der Waals surface area (Å²) in [6, 6.07) is 0.486. The Bertz CT molecular complexity index is 461. The van der Waals surface area contributed by atoms with Gasteiger partial charge in [-0.25, -0.2) is 0 Å². The van der Waals surface area contributed by atoms with E-state index in [1.54, 1.807) is 0 Å².